The van der Waals surface area contributed by atoms with Crippen LogP contribution in [-0.2, 0) is 35.1 Å². The Morgan fingerprint density at radius 3 is 1.43 bits per heavy atom. The maximum Gasteiger partial charge on any atom is 0.166 e. The number of nitrogens with zero attached hydrogens (tertiary/aromatic N) is 2. The van der Waals surface area contributed by atoms with Gasteiger partial charge in [0.25, 0.3) is 0 Å². The van der Waals surface area contributed by atoms with Crippen molar-refractivity contribution in [3.05, 3.63) is 59.7 Å². The van der Waals surface area contributed by atoms with Gasteiger partial charge < -0.3 is 28.7 Å². The summed E-state index contributed by atoms with van der Waals surface area (Å²) in [5.41, 5.74) is 4.59. The van der Waals surface area contributed by atoms with Crippen LogP contribution in [0.3, 0.4) is 0 Å². The molecule has 4 aliphatic rings. The maximum absolute atomic E-state index is 12.4. The molecule has 0 N–H and O–H groups in total. The molecular weight excluding hydrogens is 463 g/mol. The van der Waals surface area contributed by atoms with Crippen molar-refractivity contribution in [1.82, 2.24) is 0 Å². The Balaban J connectivity index is 1.13. The topological polar surface area (TPSA) is 73.7 Å². The molecule has 0 amide bonds. The van der Waals surface area contributed by atoms with E-state index in [2.05, 4.69) is 65.3 Å². The fraction of sp³-hybridized carbons (Fsp3) is 0.556. The minimum absolute atomic E-state index is 0.118. The third-order valence-corrected chi connectivity index (χ3v) is 8.03. The van der Waals surface area contributed by atoms with Gasteiger partial charge in [0.2, 0.25) is 0 Å². The van der Waals surface area contributed by atoms with E-state index in [0.29, 0.717) is 30.8 Å². The van der Waals surface area contributed by atoms with Crippen LogP contribution in [-0.4, -0.2) is 77.0 Å². The Labute approximate surface area is 208 Å². The zero-order valence-electron chi connectivity index (χ0n) is 20.2. The molecule has 0 spiro atoms. The largest absolute Gasteiger partial charge is 0.371 e. The van der Waals surface area contributed by atoms with Gasteiger partial charge in [-0.15, -0.1) is 0 Å². The van der Waals surface area contributed by atoms with Gasteiger partial charge in [-0.05, 0) is 48.7 Å². The quantitative estimate of drug-likeness (QED) is 0.292. The number of hydrogen-bond donors (Lipinski definition) is 0. The van der Waals surface area contributed by atoms with Gasteiger partial charge in [-0.1, -0.05) is 24.3 Å². The summed E-state index contributed by atoms with van der Waals surface area (Å²) in [5, 5.41) is -0.493. The third-order valence-electron chi connectivity index (χ3n) is 7.21. The van der Waals surface area contributed by atoms with Crippen LogP contribution in [0.25, 0.3) is 0 Å². The highest BCUT2D eigenvalue weighted by molar-refractivity contribution is 7.25. The van der Waals surface area contributed by atoms with Gasteiger partial charge in [-0.25, -0.2) is 0 Å². The van der Waals surface area contributed by atoms with Crippen molar-refractivity contribution in [3.63, 3.8) is 0 Å². The van der Waals surface area contributed by atoms with Gasteiger partial charge in [0.1, 0.15) is 0 Å². The number of epoxide rings is 4. The SMILES string of the molecule is CC(Cc1ccc(N(CC2CO2)CC2CO2)cc1)(P=O)c1ccc(N(CC2CO2)CC2CO2)cc1. The van der Waals surface area contributed by atoms with E-state index < -0.39 is 5.16 Å². The summed E-state index contributed by atoms with van der Waals surface area (Å²) in [6.07, 6.45) is 2.02. The second kappa shape index (κ2) is 9.79. The molecule has 5 unspecified atom stereocenters. The van der Waals surface area contributed by atoms with Gasteiger partial charge in [0.15, 0.2) is 8.46 Å². The molecule has 0 aromatic heterocycles. The summed E-state index contributed by atoms with van der Waals surface area (Å²) in [5.74, 6) is 0. The highest BCUT2D eigenvalue weighted by Gasteiger charge is 2.33. The molecule has 2 aromatic carbocycles. The lowest BCUT2D eigenvalue weighted by molar-refractivity contribution is 0.388. The number of benzene rings is 2. The monoisotopic (exact) mass is 496 g/mol. The van der Waals surface area contributed by atoms with Crippen molar-refractivity contribution in [2.24, 2.45) is 0 Å². The van der Waals surface area contributed by atoms with Crippen molar-refractivity contribution >= 4 is 19.8 Å². The fourth-order valence-corrected chi connectivity index (χ4v) is 5.19. The number of ether oxygens (including phenoxy) is 4. The van der Waals surface area contributed by atoms with E-state index in [0.717, 1.165) is 63.9 Å². The summed E-state index contributed by atoms with van der Waals surface area (Å²) in [7, 11) is 0.118. The van der Waals surface area contributed by atoms with Crippen LogP contribution in [0.1, 0.15) is 18.1 Å². The summed E-state index contributed by atoms with van der Waals surface area (Å²) in [6, 6.07) is 17.2. The average Bonchev–Trinajstić information content (AvgIpc) is 3.71. The number of rotatable bonds is 14. The lowest BCUT2D eigenvalue weighted by Crippen LogP contribution is -2.31. The van der Waals surface area contributed by atoms with Crippen LogP contribution in [0.4, 0.5) is 11.4 Å². The van der Waals surface area contributed by atoms with Crippen LogP contribution >= 0.6 is 8.46 Å². The van der Waals surface area contributed by atoms with Crippen LogP contribution < -0.4 is 9.80 Å². The first kappa shape index (κ1) is 23.4. The van der Waals surface area contributed by atoms with E-state index in [9.17, 15) is 4.57 Å². The highest BCUT2D eigenvalue weighted by Crippen LogP contribution is 2.39. The van der Waals surface area contributed by atoms with Crippen molar-refractivity contribution in [1.29, 1.82) is 0 Å². The Hall–Kier alpha value is -2.02. The maximum atomic E-state index is 12.4. The zero-order chi connectivity index (χ0) is 23.8. The average molecular weight is 497 g/mol. The highest BCUT2D eigenvalue weighted by atomic mass is 31.1. The number of anilines is 2. The van der Waals surface area contributed by atoms with E-state index in [1.54, 1.807) is 0 Å². The first-order valence-electron chi connectivity index (χ1n) is 12.6. The van der Waals surface area contributed by atoms with Gasteiger partial charge in [0.05, 0.1) is 56.0 Å². The van der Waals surface area contributed by atoms with Crippen LogP contribution in [0, 0.1) is 0 Å². The van der Waals surface area contributed by atoms with Crippen molar-refractivity contribution < 1.29 is 23.5 Å². The zero-order valence-corrected chi connectivity index (χ0v) is 21.1. The van der Waals surface area contributed by atoms with Gasteiger partial charge >= 0.3 is 0 Å². The van der Waals surface area contributed by atoms with Gasteiger partial charge in [-0.2, -0.15) is 0 Å². The molecule has 5 atom stereocenters. The number of hydrogen-bond acceptors (Lipinski definition) is 7. The van der Waals surface area contributed by atoms with Crippen LogP contribution in [0.2, 0.25) is 0 Å². The second-order valence-electron chi connectivity index (χ2n) is 10.4. The molecule has 6 rings (SSSR count). The minimum Gasteiger partial charge on any atom is -0.371 e. The smallest absolute Gasteiger partial charge is 0.166 e. The van der Waals surface area contributed by atoms with Crippen LogP contribution in [0.5, 0.6) is 0 Å². The molecule has 0 saturated carbocycles. The molecule has 2 aromatic rings. The molecule has 7 nitrogen and oxygen atoms in total. The Morgan fingerprint density at radius 2 is 1.09 bits per heavy atom. The second-order valence-corrected chi connectivity index (χ2v) is 11.6. The molecule has 0 bridgehead atoms. The Kier molecular flexibility index (Phi) is 6.54. The van der Waals surface area contributed by atoms with Crippen LogP contribution in [0.15, 0.2) is 48.5 Å². The molecule has 4 heterocycles. The summed E-state index contributed by atoms with van der Waals surface area (Å²) < 4.78 is 34.2. The molecular formula is C27H33N2O5P. The van der Waals surface area contributed by atoms with E-state index in [-0.39, 0.29) is 8.46 Å². The lowest BCUT2D eigenvalue weighted by atomic mass is 9.92. The van der Waals surface area contributed by atoms with Gasteiger partial charge in [0, 0.05) is 37.6 Å². The van der Waals surface area contributed by atoms with E-state index >= 15 is 0 Å². The van der Waals surface area contributed by atoms with E-state index in [1.165, 1.54) is 11.3 Å². The molecule has 0 radical (unpaired) electrons. The summed E-state index contributed by atoms with van der Waals surface area (Å²) in [4.78, 5) is 4.70. The standard InChI is InChI=1S/C27H33N2O5P/c1-27(35-30,20-4-8-22(9-5-20)29(13-25-17-33-25)14-26-18-34-26)10-19-2-6-21(7-3-19)28(11-23-15-31-23)12-24-16-32-24/h2-9,23-26H,10-18H2,1H3. The molecule has 8 heteroatoms. The first-order chi connectivity index (χ1) is 17.1. The molecule has 4 fully saturated rings. The fourth-order valence-electron chi connectivity index (χ4n) is 4.69. The molecule has 35 heavy (non-hydrogen) atoms. The summed E-state index contributed by atoms with van der Waals surface area (Å²) >= 11 is 0. The Morgan fingerprint density at radius 1 is 0.714 bits per heavy atom. The predicted octanol–water partition coefficient (Wildman–Crippen LogP) is 3.64. The molecule has 4 aliphatic heterocycles. The Bertz CT molecular complexity index is 991. The predicted molar refractivity (Wildman–Crippen MR) is 135 cm³/mol. The molecule has 4 saturated heterocycles. The lowest BCUT2D eigenvalue weighted by Gasteiger charge is -2.27. The molecule has 0 aliphatic carbocycles. The van der Waals surface area contributed by atoms with Crippen molar-refractivity contribution in [3.8, 4) is 0 Å². The minimum atomic E-state index is -0.493. The summed E-state index contributed by atoms with van der Waals surface area (Å²) in [6.45, 7) is 9.02. The molecule has 186 valence electrons. The van der Waals surface area contributed by atoms with E-state index in [1.807, 2.05) is 0 Å². The first-order valence-corrected chi connectivity index (χ1v) is 13.4. The third kappa shape index (κ3) is 6.22. The van der Waals surface area contributed by atoms with Crippen molar-refractivity contribution in [2.45, 2.75) is 42.9 Å². The van der Waals surface area contributed by atoms with Crippen molar-refractivity contribution in [2.75, 3.05) is 62.4 Å². The van der Waals surface area contributed by atoms with E-state index in [4.69, 9.17) is 18.9 Å². The normalized spacial score (nSPS) is 27.8. The van der Waals surface area contributed by atoms with Gasteiger partial charge in [-0.3, -0.25) is 4.57 Å².